The minimum absolute atomic E-state index is 0.132. The predicted molar refractivity (Wildman–Crippen MR) is 149 cm³/mol. The molecular weight excluding hydrogens is 535 g/mol. The van der Waals surface area contributed by atoms with Crippen LogP contribution in [0.2, 0.25) is 0 Å². The van der Waals surface area contributed by atoms with E-state index in [0.717, 1.165) is 16.7 Å². The lowest BCUT2D eigenvalue weighted by Gasteiger charge is -2.28. The van der Waals surface area contributed by atoms with E-state index in [1.54, 1.807) is 24.5 Å². The summed E-state index contributed by atoms with van der Waals surface area (Å²) < 4.78 is 42.7. The van der Waals surface area contributed by atoms with Crippen LogP contribution in [0, 0.1) is 5.82 Å². The van der Waals surface area contributed by atoms with Gasteiger partial charge in [0.25, 0.3) is 5.91 Å². The Balaban J connectivity index is 1.29. The number of amides is 1. The highest BCUT2D eigenvalue weighted by Crippen LogP contribution is 2.32. The van der Waals surface area contributed by atoms with Crippen molar-refractivity contribution in [3.05, 3.63) is 119 Å². The quantitative estimate of drug-likeness (QED) is 0.278. The molecule has 39 heavy (non-hydrogen) atoms. The largest absolute Gasteiger partial charge is 0.279 e. The fourth-order valence-electron chi connectivity index (χ4n) is 4.65. The molecular formula is C29H23FN4O3S2. The molecule has 0 bridgehead atoms. The Bertz CT molecular complexity index is 1770. The Labute approximate surface area is 229 Å². The second-order valence-corrected chi connectivity index (χ2v) is 12.2. The molecule has 7 nitrogen and oxygen atoms in total. The highest BCUT2D eigenvalue weighted by molar-refractivity contribution is 7.89. The van der Waals surface area contributed by atoms with Gasteiger partial charge in [0.1, 0.15) is 5.82 Å². The molecule has 1 aliphatic rings. The van der Waals surface area contributed by atoms with E-state index in [1.807, 2.05) is 30.3 Å². The Morgan fingerprint density at radius 3 is 2.56 bits per heavy atom. The first-order valence-corrected chi connectivity index (χ1v) is 14.6. The summed E-state index contributed by atoms with van der Waals surface area (Å²) in [7, 11) is -3.74. The van der Waals surface area contributed by atoms with Crippen LogP contribution in [0.3, 0.4) is 0 Å². The summed E-state index contributed by atoms with van der Waals surface area (Å²) in [6, 6.07) is 21.8. The van der Waals surface area contributed by atoms with Crippen LogP contribution in [-0.4, -0.2) is 35.1 Å². The number of carbonyl (C=O) groups is 1. The van der Waals surface area contributed by atoms with Gasteiger partial charge in [-0.2, -0.15) is 4.31 Å². The number of hydrogen-bond acceptors (Lipinski definition) is 6. The Kier molecular flexibility index (Phi) is 6.68. The Morgan fingerprint density at radius 1 is 1.00 bits per heavy atom. The van der Waals surface area contributed by atoms with Crippen LogP contribution >= 0.6 is 11.3 Å². The molecule has 0 aliphatic carbocycles. The molecule has 10 heteroatoms. The van der Waals surface area contributed by atoms with Crippen molar-refractivity contribution in [1.82, 2.24) is 14.3 Å². The summed E-state index contributed by atoms with van der Waals surface area (Å²) in [5, 5.41) is 0.410. The van der Waals surface area contributed by atoms with Gasteiger partial charge < -0.3 is 0 Å². The van der Waals surface area contributed by atoms with E-state index in [1.165, 1.54) is 56.9 Å². The Morgan fingerprint density at radius 2 is 1.79 bits per heavy atom. The van der Waals surface area contributed by atoms with Crippen molar-refractivity contribution in [2.75, 3.05) is 11.4 Å². The molecule has 0 saturated heterocycles. The Hall–Kier alpha value is -3.99. The molecule has 1 aliphatic heterocycles. The van der Waals surface area contributed by atoms with E-state index >= 15 is 0 Å². The number of aromatic nitrogens is 2. The molecule has 5 aromatic rings. The van der Waals surface area contributed by atoms with Crippen LogP contribution in [0.5, 0.6) is 0 Å². The van der Waals surface area contributed by atoms with E-state index in [9.17, 15) is 17.6 Å². The monoisotopic (exact) mass is 558 g/mol. The van der Waals surface area contributed by atoms with Gasteiger partial charge in [0.15, 0.2) is 5.13 Å². The van der Waals surface area contributed by atoms with Gasteiger partial charge in [-0.25, -0.2) is 17.8 Å². The summed E-state index contributed by atoms with van der Waals surface area (Å²) in [5.74, 6) is -0.731. The number of anilines is 1. The first-order valence-electron chi connectivity index (χ1n) is 12.3. The number of benzene rings is 3. The van der Waals surface area contributed by atoms with Crippen molar-refractivity contribution in [2.45, 2.75) is 24.4 Å². The van der Waals surface area contributed by atoms with Crippen molar-refractivity contribution in [3.8, 4) is 0 Å². The van der Waals surface area contributed by atoms with Gasteiger partial charge in [-0.15, -0.1) is 0 Å². The van der Waals surface area contributed by atoms with Crippen LogP contribution in [0.1, 0.15) is 27.0 Å². The fourth-order valence-corrected chi connectivity index (χ4v) is 7.06. The van der Waals surface area contributed by atoms with Gasteiger partial charge in [0.05, 0.1) is 21.7 Å². The summed E-state index contributed by atoms with van der Waals surface area (Å²) in [4.78, 5) is 24.1. The molecule has 0 unspecified atom stereocenters. The summed E-state index contributed by atoms with van der Waals surface area (Å²) in [6.45, 7) is 0.912. The number of pyridine rings is 1. The van der Waals surface area contributed by atoms with E-state index in [-0.39, 0.29) is 23.2 Å². The molecule has 3 heterocycles. The first kappa shape index (κ1) is 25.3. The fraction of sp³-hybridized carbons (Fsp3) is 0.138. The second kappa shape index (κ2) is 10.3. The molecule has 1 amide bonds. The van der Waals surface area contributed by atoms with Crippen molar-refractivity contribution >= 4 is 42.6 Å². The van der Waals surface area contributed by atoms with Crippen LogP contribution < -0.4 is 4.90 Å². The SMILES string of the molecule is O=C(c1ccc(S(=O)(=O)N2CCc3ccccc3C2)cc1)N(Cc1cccnc1)c1nc2ccc(F)cc2s1. The van der Waals surface area contributed by atoms with Crippen LogP contribution in [0.15, 0.2) is 96.2 Å². The van der Waals surface area contributed by atoms with Crippen molar-refractivity contribution in [1.29, 1.82) is 0 Å². The second-order valence-electron chi connectivity index (χ2n) is 9.24. The van der Waals surface area contributed by atoms with E-state index < -0.39 is 10.0 Å². The van der Waals surface area contributed by atoms with Gasteiger partial charge >= 0.3 is 0 Å². The maximum Gasteiger partial charge on any atom is 0.260 e. The number of halogens is 1. The summed E-state index contributed by atoms with van der Waals surface area (Å²) in [6.07, 6.45) is 3.97. The standard InChI is InChI=1S/C29H23FN4O3S2/c30-24-9-12-26-27(16-24)38-29(32-26)34(18-20-4-3-14-31-17-20)28(35)22-7-10-25(11-8-22)39(36,37)33-15-13-21-5-1-2-6-23(21)19-33/h1-12,14,16-17H,13,15,18-19H2. The normalized spacial score (nSPS) is 13.8. The van der Waals surface area contributed by atoms with Crippen LogP contribution in [-0.2, 0) is 29.5 Å². The van der Waals surface area contributed by atoms with Gasteiger partial charge in [-0.1, -0.05) is 41.7 Å². The topological polar surface area (TPSA) is 83.5 Å². The van der Waals surface area contributed by atoms with Crippen LogP contribution in [0.4, 0.5) is 9.52 Å². The molecule has 0 N–H and O–H groups in total. The highest BCUT2D eigenvalue weighted by Gasteiger charge is 2.29. The van der Waals surface area contributed by atoms with E-state index in [0.29, 0.717) is 40.4 Å². The van der Waals surface area contributed by atoms with Crippen molar-refractivity contribution in [2.24, 2.45) is 0 Å². The number of sulfonamides is 1. The number of fused-ring (bicyclic) bond motifs is 2. The lowest BCUT2D eigenvalue weighted by molar-refractivity contribution is 0.0985. The lowest BCUT2D eigenvalue weighted by atomic mass is 10.0. The molecule has 2 aromatic heterocycles. The maximum absolute atomic E-state index is 13.8. The van der Waals surface area contributed by atoms with Gasteiger partial charge in [-0.3, -0.25) is 14.7 Å². The molecule has 0 fully saturated rings. The number of thiazole rings is 1. The number of carbonyl (C=O) groups excluding carboxylic acids is 1. The average Bonchev–Trinajstić information content (AvgIpc) is 3.39. The minimum Gasteiger partial charge on any atom is -0.279 e. The number of rotatable bonds is 6. The van der Waals surface area contributed by atoms with E-state index in [4.69, 9.17) is 0 Å². The van der Waals surface area contributed by atoms with Crippen molar-refractivity contribution in [3.63, 3.8) is 0 Å². The lowest BCUT2D eigenvalue weighted by Crippen LogP contribution is -2.36. The number of hydrogen-bond donors (Lipinski definition) is 0. The zero-order valence-electron chi connectivity index (χ0n) is 20.7. The number of nitrogens with zero attached hydrogens (tertiary/aromatic N) is 4. The third-order valence-corrected chi connectivity index (χ3v) is 9.61. The molecule has 0 atom stereocenters. The summed E-state index contributed by atoms with van der Waals surface area (Å²) >= 11 is 1.21. The first-order chi connectivity index (χ1) is 18.9. The van der Waals surface area contributed by atoms with Gasteiger partial charge in [0, 0.05) is 31.0 Å². The van der Waals surface area contributed by atoms with E-state index in [2.05, 4.69) is 9.97 Å². The van der Waals surface area contributed by atoms with Crippen LogP contribution in [0.25, 0.3) is 10.2 Å². The minimum atomic E-state index is -3.74. The smallest absolute Gasteiger partial charge is 0.260 e. The highest BCUT2D eigenvalue weighted by atomic mass is 32.2. The average molecular weight is 559 g/mol. The third-order valence-electron chi connectivity index (χ3n) is 6.71. The molecule has 3 aromatic carbocycles. The zero-order valence-corrected chi connectivity index (χ0v) is 22.3. The predicted octanol–water partition coefficient (Wildman–Crippen LogP) is 5.42. The molecule has 196 valence electrons. The third kappa shape index (κ3) is 5.06. The van der Waals surface area contributed by atoms with Gasteiger partial charge in [-0.05, 0) is 71.6 Å². The molecule has 6 rings (SSSR count). The molecule has 0 spiro atoms. The maximum atomic E-state index is 13.8. The zero-order chi connectivity index (χ0) is 27.0. The summed E-state index contributed by atoms with van der Waals surface area (Å²) in [5.41, 5.74) is 3.86. The van der Waals surface area contributed by atoms with Gasteiger partial charge in [0.2, 0.25) is 10.0 Å². The van der Waals surface area contributed by atoms with Crippen molar-refractivity contribution < 1.29 is 17.6 Å². The molecule has 0 radical (unpaired) electrons. The molecule has 0 saturated carbocycles.